The molecule has 0 bridgehead atoms. The number of fused-ring (bicyclic) bond motifs is 1. The van der Waals surface area contributed by atoms with Gasteiger partial charge in [0.15, 0.2) is 6.29 Å². The summed E-state index contributed by atoms with van der Waals surface area (Å²) in [5.41, 5.74) is 6.13. The zero-order valence-electron chi connectivity index (χ0n) is 21.1. The van der Waals surface area contributed by atoms with E-state index in [0.717, 1.165) is 33.4 Å². The smallest absolute Gasteiger partial charge is 0.213 e. The number of pyridine rings is 1. The number of benzene rings is 2. The number of halogens is 1. The predicted octanol–water partition coefficient (Wildman–Crippen LogP) is 5.83. The minimum atomic E-state index is -0.553. The Bertz CT molecular complexity index is 1230. The van der Waals surface area contributed by atoms with E-state index in [4.69, 9.17) is 14.2 Å². The number of ether oxygens (including phenoxy) is 3. The SMILES string of the molecule is COc1cc(-c2ccc(CN3Cc4c(F)cc(C(C)(C)C)cc4C=N3)cc2C(OC)OC)ccn1. The van der Waals surface area contributed by atoms with Crippen LogP contribution in [-0.4, -0.2) is 37.5 Å². The number of hydrogen-bond acceptors (Lipinski definition) is 6. The van der Waals surface area contributed by atoms with Crippen molar-refractivity contribution in [1.29, 1.82) is 0 Å². The lowest BCUT2D eigenvalue weighted by Crippen LogP contribution is -2.24. The van der Waals surface area contributed by atoms with Crippen LogP contribution in [0.5, 0.6) is 5.88 Å². The van der Waals surface area contributed by atoms with Gasteiger partial charge in [0.05, 0.1) is 26.4 Å². The molecule has 0 saturated carbocycles. The van der Waals surface area contributed by atoms with Gasteiger partial charge < -0.3 is 14.2 Å². The summed E-state index contributed by atoms with van der Waals surface area (Å²) in [5, 5.41) is 6.47. The predicted molar refractivity (Wildman–Crippen MR) is 135 cm³/mol. The van der Waals surface area contributed by atoms with Gasteiger partial charge in [-0.1, -0.05) is 32.9 Å². The monoisotopic (exact) mass is 477 g/mol. The van der Waals surface area contributed by atoms with Crippen molar-refractivity contribution in [2.24, 2.45) is 5.10 Å². The minimum Gasteiger partial charge on any atom is -0.481 e. The molecule has 7 heteroatoms. The Kier molecular flexibility index (Phi) is 7.19. The first kappa shape index (κ1) is 24.8. The molecule has 1 aromatic heterocycles. The van der Waals surface area contributed by atoms with Crippen LogP contribution in [0.2, 0.25) is 0 Å². The van der Waals surface area contributed by atoms with Crippen LogP contribution in [0.4, 0.5) is 4.39 Å². The fraction of sp³-hybridized carbons (Fsp3) is 0.357. The van der Waals surface area contributed by atoms with Crippen LogP contribution in [0.3, 0.4) is 0 Å². The van der Waals surface area contributed by atoms with E-state index in [1.807, 2.05) is 41.4 Å². The molecule has 184 valence electrons. The van der Waals surface area contributed by atoms with E-state index in [0.29, 0.717) is 24.5 Å². The molecule has 0 radical (unpaired) electrons. The fourth-order valence-corrected chi connectivity index (χ4v) is 4.25. The second kappa shape index (κ2) is 10.1. The molecule has 1 aliphatic rings. The van der Waals surface area contributed by atoms with Gasteiger partial charge >= 0.3 is 0 Å². The molecule has 35 heavy (non-hydrogen) atoms. The first-order chi connectivity index (χ1) is 16.7. The van der Waals surface area contributed by atoms with Gasteiger partial charge in [-0.15, -0.1) is 0 Å². The van der Waals surface area contributed by atoms with Gasteiger partial charge in [0.1, 0.15) is 5.82 Å². The molecule has 2 aromatic carbocycles. The van der Waals surface area contributed by atoms with Gasteiger partial charge in [-0.2, -0.15) is 5.10 Å². The van der Waals surface area contributed by atoms with E-state index in [2.05, 4.69) is 30.9 Å². The Morgan fingerprint density at radius 3 is 2.49 bits per heavy atom. The molecule has 0 unspecified atom stereocenters. The molecular weight excluding hydrogens is 445 g/mol. The average Bonchev–Trinajstić information content (AvgIpc) is 2.85. The average molecular weight is 478 g/mol. The standard InChI is InChI=1S/C28H32FN3O3/c1-28(2,3)21-12-20-15-31-32(17-24(20)25(29)14-21)16-18-7-8-22(23(11-18)27(34-5)35-6)19-9-10-30-26(13-19)33-4/h7-15,27H,16-17H2,1-6H3. The van der Waals surface area contributed by atoms with Crippen molar-refractivity contribution in [2.75, 3.05) is 21.3 Å². The van der Waals surface area contributed by atoms with Gasteiger partial charge in [0.2, 0.25) is 5.88 Å². The molecule has 0 aliphatic carbocycles. The zero-order valence-corrected chi connectivity index (χ0v) is 21.1. The topological polar surface area (TPSA) is 56.2 Å². The van der Waals surface area contributed by atoms with E-state index in [1.54, 1.807) is 39.8 Å². The first-order valence-electron chi connectivity index (χ1n) is 11.5. The Balaban J connectivity index is 1.63. The third-order valence-electron chi connectivity index (χ3n) is 6.21. The third-order valence-corrected chi connectivity index (χ3v) is 6.21. The van der Waals surface area contributed by atoms with Crippen LogP contribution in [0.25, 0.3) is 11.1 Å². The molecule has 6 nitrogen and oxygen atoms in total. The lowest BCUT2D eigenvalue weighted by Gasteiger charge is -2.27. The number of nitrogens with zero attached hydrogens (tertiary/aromatic N) is 3. The van der Waals surface area contributed by atoms with Gasteiger partial charge in [0.25, 0.3) is 0 Å². The molecule has 0 N–H and O–H groups in total. The summed E-state index contributed by atoms with van der Waals surface area (Å²) in [6, 6.07) is 13.6. The van der Waals surface area contributed by atoms with E-state index in [9.17, 15) is 0 Å². The largest absolute Gasteiger partial charge is 0.481 e. The summed E-state index contributed by atoms with van der Waals surface area (Å²) in [6.07, 6.45) is 2.91. The number of hydrogen-bond donors (Lipinski definition) is 0. The normalized spacial score (nSPS) is 13.3. The lowest BCUT2D eigenvalue weighted by atomic mass is 9.85. The van der Waals surface area contributed by atoms with Crippen molar-refractivity contribution in [1.82, 2.24) is 9.99 Å². The summed E-state index contributed by atoms with van der Waals surface area (Å²) in [6.45, 7) is 7.16. The number of methoxy groups -OCH3 is 3. The molecule has 4 rings (SSSR count). The summed E-state index contributed by atoms with van der Waals surface area (Å²) in [7, 11) is 4.81. The molecule has 1 aliphatic heterocycles. The van der Waals surface area contributed by atoms with E-state index in [1.165, 1.54) is 0 Å². The highest BCUT2D eigenvalue weighted by molar-refractivity contribution is 5.83. The van der Waals surface area contributed by atoms with Crippen molar-refractivity contribution in [3.8, 4) is 17.0 Å². The Morgan fingerprint density at radius 1 is 1.03 bits per heavy atom. The molecule has 0 spiro atoms. The van der Waals surface area contributed by atoms with E-state index >= 15 is 4.39 Å². The van der Waals surface area contributed by atoms with Crippen LogP contribution >= 0.6 is 0 Å². The summed E-state index contributed by atoms with van der Waals surface area (Å²) in [4.78, 5) is 4.20. The third kappa shape index (κ3) is 5.36. The van der Waals surface area contributed by atoms with Crippen molar-refractivity contribution in [3.05, 3.63) is 82.3 Å². The second-order valence-electron chi connectivity index (χ2n) is 9.65. The highest BCUT2D eigenvalue weighted by Crippen LogP contribution is 2.34. The van der Waals surface area contributed by atoms with E-state index in [-0.39, 0.29) is 11.2 Å². The maximum atomic E-state index is 15.0. The molecule has 0 saturated heterocycles. The van der Waals surface area contributed by atoms with Crippen LogP contribution in [0.1, 0.15) is 54.9 Å². The quantitative estimate of drug-likeness (QED) is 0.401. The maximum Gasteiger partial charge on any atom is 0.213 e. The summed E-state index contributed by atoms with van der Waals surface area (Å²) in [5.74, 6) is 0.340. The van der Waals surface area contributed by atoms with Crippen molar-refractivity contribution in [3.63, 3.8) is 0 Å². The maximum absolute atomic E-state index is 15.0. The van der Waals surface area contributed by atoms with Crippen molar-refractivity contribution < 1.29 is 18.6 Å². The van der Waals surface area contributed by atoms with Crippen LogP contribution in [0, 0.1) is 5.82 Å². The number of rotatable bonds is 7. The second-order valence-corrected chi connectivity index (χ2v) is 9.65. The van der Waals surface area contributed by atoms with Crippen molar-refractivity contribution in [2.45, 2.75) is 45.6 Å². The van der Waals surface area contributed by atoms with Gasteiger partial charge in [-0.3, -0.25) is 5.01 Å². The van der Waals surface area contributed by atoms with Crippen LogP contribution in [-0.2, 0) is 28.0 Å². The Morgan fingerprint density at radius 2 is 1.80 bits per heavy atom. The Hall–Kier alpha value is -3.29. The van der Waals surface area contributed by atoms with E-state index < -0.39 is 6.29 Å². The van der Waals surface area contributed by atoms with Gasteiger partial charge in [0, 0.05) is 43.2 Å². The summed E-state index contributed by atoms with van der Waals surface area (Å²) < 4.78 is 31.5. The fourth-order valence-electron chi connectivity index (χ4n) is 4.25. The van der Waals surface area contributed by atoms with Crippen LogP contribution in [0.15, 0.2) is 53.8 Å². The molecule has 3 aromatic rings. The number of aromatic nitrogens is 1. The molecule has 0 atom stereocenters. The first-order valence-corrected chi connectivity index (χ1v) is 11.5. The highest BCUT2D eigenvalue weighted by atomic mass is 19.1. The molecular formula is C28H32FN3O3. The Labute approximate surface area is 206 Å². The van der Waals surface area contributed by atoms with Crippen LogP contribution < -0.4 is 4.74 Å². The van der Waals surface area contributed by atoms with Gasteiger partial charge in [-0.05, 0) is 51.9 Å². The number of hydrazone groups is 1. The van der Waals surface area contributed by atoms with Gasteiger partial charge in [-0.25, -0.2) is 9.37 Å². The zero-order chi connectivity index (χ0) is 25.2. The molecule has 2 heterocycles. The van der Waals surface area contributed by atoms with Crippen molar-refractivity contribution >= 4 is 6.21 Å². The lowest BCUT2D eigenvalue weighted by molar-refractivity contribution is -0.105. The molecule has 0 fully saturated rings. The highest BCUT2D eigenvalue weighted by Gasteiger charge is 2.23. The molecule has 0 amide bonds. The summed E-state index contributed by atoms with van der Waals surface area (Å²) >= 11 is 0. The minimum absolute atomic E-state index is 0.128.